The van der Waals surface area contributed by atoms with E-state index in [1.54, 1.807) is 6.08 Å². The highest BCUT2D eigenvalue weighted by molar-refractivity contribution is 7.11. The molecule has 1 N–H and O–H groups in total. The number of amides is 1. The lowest BCUT2D eigenvalue weighted by atomic mass is 10.1. The maximum atomic E-state index is 12.7. The number of nitrogens with one attached hydrogen (secondary N) is 1. The second-order valence-electron chi connectivity index (χ2n) is 6.14. The topological polar surface area (TPSA) is 64.6 Å². The summed E-state index contributed by atoms with van der Waals surface area (Å²) in [7, 11) is 1.28. The van der Waals surface area contributed by atoms with Crippen LogP contribution in [0.1, 0.15) is 16.0 Å². The number of rotatable bonds is 8. The third kappa shape index (κ3) is 6.05. The van der Waals surface area contributed by atoms with Gasteiger partial charge < -0.3 is 14.8 Å². The van der Waals surface area contributed by atoms with E-state index >= 15 is 0 Å². The van der Waals surface area contributed by atoms with Gasteiger partial charge in [-0.15, -0.1) is 11.3 Å². The van der Waals surface area contributed by atoms with Crippen molar-refractivity contribution in [3.63, 3.8) is 0 Å². The molecule has 3 aromatic rings. The molecule has 5 nitrogen and oxygen atoms in total. The van der Waals surface area contributed by atoms with Crippen molar-refractivity contribution in [3.05, 3.63) is 88.1 Å². The molecule has 2 aromatic carbocycles. The van der Waals surface area contributed by atoms with Crippen molar-refractivity contribution in [2.45, 2.75) is 6.61 Å². The van der Waals surface area contributed by atoms with Crippen LogP contribution in [-0.2, 0) is 20.9 Å². The third-order valence-electron chi connectivity index (χ3n) is 4.07. The number of carbonyl (C=O) groups is 2. The van der Waals surface area contributed by atoms with Crippen molar-refractivity contribution in [2.75, 3.05) is 13.7 Å². The average molecular weight is 407 g/mol. The summed E-state index contributed by atoms with van der Waals surface area (Å²) in [4.78, 5) is 24.8. The van der Waals surface area contributed by atoms with Crippen LogP contribution in [0.3, 0.4) is 0 Å². The van der Waals surface area contributed by atoms with Crippen molar-refractivity contribution >= 4 is 34.9 Å². The number of carbonyl (C=O) groups excluding carboxylic acids is 2. The SMILES string of the molecule is COC(=O)CNC(=O)/C(=C/c1cccc(OCc2ccccc2)c1)c1cccs1. The Morgan fingerprint density at radius 2 is 1.86 bits per heavy atom. The van der Waals surface area contributed by atoms with Crippen LogP contribution < -0.4 is 10.1 Å². The first-order valence-electron chi connectivity index (χ1n) is 9.03. The molecular weight excluding hydrogens is 386 g/mol. The first kappa shape index (κ1) is 20.4. The van der Waals surface area contributed by atoms with Crippen molar-refractivity contribution in [1.82, 2.24) is 5.32 Å². The Morgan fingerprint density at radius 3 is 2.59 bits per heavy atom. The molecule has 0 spiro atoms. The molecule has 29 heavy (non-hydrogen) atoms. The Hall–Kier alpha value is -3.38. The summed E-state index contributed by atoms with van der Waals surface area (Å²) < 4.78 is 10.5. The summed E-state index contributed by atoms with van der Waals surface area (Å²) in [5, 5.41) is 4.50. The van der Waals surface area contributed by atoms with E-state index in [2.05, 4.69) is 10.1 Å². The number of hydrogen-bond acceptors (Lipinski definition) is 5. The highest BCUT2D eigenvalue weighted by Gasteiger charge is 2.14. The predicted octanol–water partition coefficient (Wildman–Crippen LogP) is 4.16. The zero-order chi connectivity index (χ0) is 20.5. The fourth-order valence-electron chi connectivity index (χ4n) is 2.60. The average Bonchev–Trinajstić information content (AvgIpc) is 3.29. The quantitative estimate of drug-likeness (QED) is 0.450. The molecule has 0 atom stereocenters. The molecule has 0 aliphatic rings. The minimum atomic E-state index is -0.500. The smallest absolute Gasteiger partial charge is 0.325 e. The zero-order valence-corrected chi connectivity index (χ0v) is 16.8. The Bertz CT molecular complexity index is 981. The summed E-state index contributed by atoms with van der Waals surface area (Å²) in [5.41, 5.74) is 2.38. The molecule has 0 aliphatic heterocycles. The van der Waals surface area contributed by atoms with Gasteiger partial charge in [-0.05, 0) is 40.8 Å². The van der Waals surface area contributed by atoms with Gasteiger partial charge in [0.2, 0.25) is 0 Å². The normalized spacial score (nSPS) is 11.0. The maximum Gasteiger partial charge on any atom is 0.325 e. The Balaban J connectivity index is 1.78. The molecule has 6 heteroatoms. The predicted molar refractivity (Wildman–Crippen MR) is 114 cm³/mol. The van der Waals surface area contributed by atoms with E-state index in [4.69, 9.17) is 4.74 Å². The molecule has 0 aliphatic carbocycles. The molecule has 0 saturated heterocycles. The fraction of sp³-hybridized carbons (Fsp3) is 0.130. The van der Waals surface area contributed by atoms with Gasteiger partial charge in [-0.1, -0.05) is 48.5 Å². The fourth-order valence-corrected chi connectivity index (χ4v) is 3.34. The van der Waals surface area contributed by atoms with E-state index in [1.165, 1.54) is 18.4 Å². The second-order valence-corrected chi connectivity index (χ2v) is 7.09. The Labute approximate surface area is 173 Å². The maximum absolute atomic E-state index is 12.7. The van der Waals surface area contributed by atoms with Gasteiger partial charge in [0, 0.05) is 4.88 Å². The minimum Gasteiger partial charge on any atom is -0.489 e. The summed E-state index contributed by atoms with van der Waals surface area (Å²) in [6.45, 7) is 0.281. The van der Waals surface area contributed by atoms with Gasteiger partial charge in [0.05, 0.1) is 12.7 Å². The van der Waals surface area contributed by atoms with Crippen molar-refractivity contribution in [2.24, 2.45) is 0 Å². The van der Waals surface area contributed by atoms with Crippen LogP contribution in [0.25, 0.3) is 11.6 Å². The summed E-state index contributed by atoms with van der Waals surface area (Å²) >= 11 is 1.45. The Kier molecular flexibility index (Phi) is 7.19. The van der Waals surface area contributed by atoms with E-state index in [0.717, 1.165) is 16.0 Å². The zero-order valence-electron chi connectivity index (χ0n) is 16.0. The molecule has 0 bridgehead atoms. The molecule has 1 heterocycles. The lowest BCUT2D eigenvalue weighted by Crippen LogP contribution is -2.30. The van der Waals surface area contributed by atoms with Gasteiger partial charge in [0.1, 0.15) is 18.9 Å². The van der Waals surface area contributed by atoms with E-state index in [0.29, 0.717) is 17.9 Å². The van der Waals surface area contributed by atoms with Gasteiger partial charge in [0.15, 0.2) is 0 Å². The van der Waals surface area contributed by atoms with Crippen LogP contribution in [0.2, 0.25) is 0 Å². The molecule has 0 radical (unpaired) electrons. The molecule has 0 unspecified atom stereocenters. The van der Waals surface area contributed by atoms with Gasteiger partial charge in [-0.3, -0.25) is 9.59 Å². The van der Waals surface area contributed by atoms with Crippen LogP contribution in [0.15, 0.2) is 72.1 Å². The monoisotopic (exact) mass is 407 g/mol. The molecule has 148 valence electrons. The van der Waals surface area contributed by atoms with Crippen molar-refractivity contribution in [1.29, 1.82) is 0 Å². The third-order valence-corrected chi connectivity index (χ3v) is 4.97. The summed E-state index contributed by atoms with van der Waals surface area (Å²) in [6.07, 6.45) is 1.79. The largest absolute Gasteiger partial charge is 0.489 e. The molecule has 1 aromatic heterocycles. The highest BCUT2D eigenvalue weighted by Crippen LogP contribution is 2.25. The number of thiophene rings is 1. The summed E-state index contributed by atoms with van der Waals surface area (Å²) in [5.74, 6) is -0.128. The highest BCUT2D eigenvalue weighted by atomic mass is 32.1. The van der Waals surface area contributed by atoms with Gasteiger partial charge >= 0.3 is 5.97 Å². The molecule has 1 amide bonds. The molecular formula is C23H21NO4S. The summed E-state index contributed by atoms with van der Waals surface area (Å²) in [6, 6.07) is 21.2. The van der Waals surface area contributed by atoms with E-state index < -0.39 is 5.97 Å². The molecule has 3 rings (SSSR count). The van der Waals surface area contributed by atoms with E-state index in [1.807, 2.05) is 72.1 Å². The first-order chi connectivity index (χ1) is 14.2. The van der Waals surface area contributed by atoms with Crippen LogP contribution in [0.4, 0.5) is 0 Å². The number of ether oxygens (including phenoxy) is 2. The lowest BCUT2D eigenvalue weighted by Gasteiger charge is -2.09. The number of hydrogen-bond donors (Lipinski definition) is 1. The number of esters is 1. The van der Waals surface area contributed by atoms with E-state index in [-0.39, 0.29) is 12.5 Å². The van der Waals surface area contributed by atoms with Crippen LogP contribution in [0.5, 0.6) is 5.75 Å². The van der Waals surface area contributed by atoms with E-state index in [9.17, 15) is 9.59 Å². The standard InChI is InChI=1S/C23H21NO4S/c1-27-22(25)15-24-23(26)20(21-11-6-12-29-21)14-18-9-5-10-19(13-18)28-16-17-7-3-2-4-8-17/h2-14H,15-16H2,1H3,(H,24,26)/b20-14+. The van der Waals surface area contributed by atoms with Crippen LogP contribution >= 0.6 is 11.3 Å². The Morgan fingerprint density at radius 1 is 1.03 bits per heavy atom. The van der Waals surface area contributed by atoms with Gasteiger partial charge in [0.25, 0.3) is 5.91 Å². The van der Waals surface area contributed by atoms with Crippen molar-refractivity contribution in [3.8, 4) is 5.75 Å². The number of methoxy groups -OCH3 is 1. The van der Waals surface area contributed by atoms with Gasteiger partial charge in [-0.25, -0.2) is 0 Å². The van der Waals surface area contributed by atoms with Crippen molar-refractivity contribution < 1.29 is 19.1 Å². The number of benzene rings is 2. The van der Waals surface area contributed by atoms with Gasteiger partial charge in [-0.2, -0.15) is 0 Å². The molecule has 0 saturated carbocycles. The first-order valence-corrected chi connectivity index (χ1v) is 9.91. The molecule has 0 fully saturated rings. The second kappa shape index (κ2) is 10.2. The van der Waals surface area contributed by atoms with Crippen LogP contribution in [-0.4, -0.2) is 25.5 Å². The van der Waals surface area contributed by atoms with Crippen LogP contribution in [0, 0.1) is 0 Å². The lowest BCUT2D eigenvalue weighted by molar-refractivity contribution is -0.140. The minimum absolute atomic E-state index is 0.182.